The lowest BCUT2D eigenvalue weighted by atomic mass is 9.99. The molecule has 0 unspecified atom stereocenters. The fraction of sp³-hybridized carbons (Fsp3) is 0.412. The first-order valence-electron chi connectivity index (χ1n) is 6.98. The Kier molecular flexibility index (Phi) is 6.80. The number of nitrogens with zero attached hydrogens (tertiary/aromatic N) is 2. The monoisotopic (exact) mass is 256 g/mol. The molecule has 0 amide bonds. The molecule has 1 saturated carbocycles. The molecule has 0 radical (unpaired) electrons. The van der Waals surface area contributed by atoms with Gasteiger partial charge in [0.25, 0.3) is 0 Å². The number of hydrogen-bond donors (Lipinski definition) is 0. The van der Waals surface area contributed by atoms with Gasteiger partial charge in [0.05, 0.1) is 5.71 Å². The Labute approximate surface area is 117 Å². The summed E-state index contributed by atoms with van der Waals surface area (Å²) in [5.74, 6) is 0.613. The van der Waals surface area contributed by atoms with Crippen LogP contribution in [0.3, 0.4) is 0 Å². The van der Waals surface area contributed by atoms with Gasteiger partial charge in [-0.05, 0) is 39.2 Å². The summed E-state index contributed by atoms with van der Waals surface area (Å²) < 4.78 is 0. The molecule has 102 valence electrons. The van der Waals surface area contributed by atoms with Crippen LogP contribution in [-0.2, 0) is 0 Å². The minimum absolute atomic E-state index is 0.613. The lowest BCUT2D eigenvalue weighted by Gasteiger charge is -2.11. The van der Waals surface area contributed by atoms with Crippen molar-refractivity contribution in [2.45, 2.75) is 40.0 Å². The first-order valence-corrected chi connectivity index (χ1v) is 6.98. The van der Waals surface area contributed by atoms with Gasteiger partial charge >= 0.3 is 0 Å². The summed E-state index contributed by atoms with van der Waals surface area (Å²) in [6.45, 7) is 9.84. The summed E-state index contributed by atoms with van der Waals surface area (Å²) >= 11 is 0. The Hall–Kier alpha value is -1.70. The summed E-state index contributed by atoms with van der Waals surface area (Å²) in [6, 6.07) is 0. The molecule has 1 aliphatic rings. The predicted molar refractivity (Wildman–Crippen MR) is 85.8 cm³/mol. The van der Waals surface area contributed by atoms with Gasteiger partial charge in [-0.1, -0.05) is 31.7 Å². The molecule has 0 heterocycles. The lowest BCUT2D eigenvalue weighted by Crippen LogP contribution is -2.14. The zero-order valence-corrected chi connectivity index (χ0v) is 12.3. The van der Waals surface area contributed by atoms with E-state index in [9.17, 15) is 0 Å². The lowest BCUT2D eigenvalue weighted by molar-refractivity contribution is 1.17. The maximum absolute atomic E-state index is 4.62. The van der Waals surface area contributed by atoms with Crippen molar-refractivity contribution < 1.29 is 0 Å². The van der Waals surface area contributed by atoms with Gasteiger partial charge in [-0.2, -0.15) is 0 Å². The number of aliphatic imine (C=N–C) groups is 2. The Morgan fingerprint density at radius 2 is 1.95 bits per heavy atom. The van der Waals surface area contributed by atoms with Crippen LogP contribution < -0.4 is 0 Å². The van der Waals surface area contributed by atoms with E-state index in [4.69, 9.17) is 0 Å². The average molecular weight is 256 g/mol. The molecular weight excluding hydrogens is 232 g/mol. The second-order valence-electron chi connectivity index (χ2n) is 4.48. The Bertz CT molecular complexity index is 444. The topological polar surface area (TPSA) is 24.7 Å². The van der Waals surface area contributed by atoms with Crippen molar-refractivity contribution >= 4 is 11.4 Å². The normalized spacial score (nSPS) is 18.6. The van der Waals surface area contributed by atoms with E-state index in [2.05, 4.69) is 36.5 Å². The van der Waals surface area contributed by atoms with E-state index in [1.54, 1.807) is 12.3 Å². The van der Waals surface area contributed by atoms with Crippen LogP contribution in [0.5, 0.6) is 0 Å². The summed E-state index contributed by atoms with van der Waals surface area (Å²) in [6.07, 6.45) is 14.8. The molecule has 0 aromatic heterocycles. The molecule has 1 fully saturated rings. The van der Waals surface area contributed by atoms with Crippen molar-refractivity contribution in [3.8, 4) is 0 Å². The molecule has 0 N–H and O–H groups in total. The highest BCUT2D eigenvalue weighted by Crippen LogP contribution is 2.34. The van der Waals surface area contributed by atoms with Gasteiger partial charge in [-0.25, -0.2) is 0 Å². The Morgan fingerprint density at radius 1 is 1.21 bits per heavy atom. The zero-order valence-electron chi connectivity index (χ0n) is 12.3. The molecule has 19 heavy (non-hydrogen) atoms. The molecule has 0 aromatic carbocycles. The van der Waals surface area contributed by atoms with Crippen molar-refractivity contribution in [3.05, 3.63) is 48.9 Å². The van der Waals surface area contributed by atoms with E-state index in [1.165, 1.54) is 24.1 Å². The minimum atomic E-state index is 0.613. The second-order valence-corrected chi connectivity index (χ2v) is 4.48. The van der Waals surface area contributed by atoms with Gasteiger partial charge < -0.3 is 0 Å². The van der Waals surface area contributed by atoms with Crippen LogP contribution >= 0.6 is 0 Å². The van der Waals surface area contributed by atoms with Crippen molar-refractivity contribution in [2.24, 2.45) is 15.9 Å². The molecule has 1 aliphatic carbocycles. The van der Waals surface area contributed by atoms with Crippen LogP contribution in [-0.4, -0.2) is 11.4 Å². The van der Waals surface area contributed by atoms with Crippen LogP contribution in [0.4, 0.5) is 0 Å². The summed E-state index contributed by atoms with van der Waals surface area (Å²) in [5, 5.41) is 0. The quantitative estimate of drug-likeness (QED) is 0.458. The number of rotatable bonds is 7. The molecule has 0 aliphatic heterocycles. The molecule has 2 nitrogen and oxygen atoms in total. The molecule has 0 aromatic rings. The van der Waals surface area contributed by atoms with E-state index in [-0.39, 0.29) is 0 Å². The van der Waals surface area contributed by atoms with Crippen LogP contribution in [0.2, 0.25) is 0 Å². The maximum Gasteiger partial charge on any atom is 0.0521 e. The maximum atomic E-state index is 4.62. The second kappa shape index (κ2) is 8.41. The van der Waals surface area contributed by atoms with Crippen LogP contribution in [0.1, 0.15) is 40.0 Å². The predicted octanol–water partition coefficient (Wildman–Crippen LogP) is 4.87. The van der Waals surface area contributed by atoms with Gasteiger partial charge in [0, 0.05) is 29.6 Å². The fourth-order valence-electron chi connectivity index (χ4n) is 1.91. The highest BCUT2D eigenvalue weighted by Gasteiger charge is 2.30. The highest BCUT2D eigenvalue weighted by atomic mass is 14.8. The van der Waals surface area contributed by atoms with Crippen LogP contribution in [0.25, 0.3) is 0 Å². The number of hydrogen-bond acceptors (Lipinski definition) is 2. The molecule has 0 saturated heterocycles. The molecular formula is C17H24N2. The Balaban J connectivity index is 3.05. The highest BCUT2D eigenvalue weighted by molar-refractivity contribution is 6.25. The minimum Gasteiger partial charge on any atom is -0.261 e. The average Bonchev–Trinajstić information content (AvgIpc) is 3.25. The molecule has 0 bridgehead atoms. The van der Waals surface area contributed by atoms with Crippen molar-refractivity contribution in [1.82, 2.24) is 0 Å². The SMILES string of the molecule is C=C/C=C\N=C(CC)C(=CC)C(=N/C=C\C)C1CC1. The van der Waals surface area contributed by atoms with E-state index in [1.807, 2.05) is 25.3 Å². The zero-order chi connectivity index (χ0) is 14.1. The van der Waals surface area contributed by atoms with Gasteiger partial charge in [0.2, 0.25) is 0 Å². The van der Waals surface area contributed by atoms with E-state index in [0.717, 1.165) is 12.1 Å². The van der Waals surface area contributed by atoms with Gasteiger partial charge in [0.15, 0.2) is 0 Å². The third-order valence-corrected chi connectivity index (χ3v) is 2.99. The van der Waals surface area contributed by atoms with Crippen LogP contribution in [0.15, 0.2) is 58.8 Å². The van der Waals surface area contributed by atoms with E-state index >= 15 is 0 Å². The first-order chi connectivity index (χ1) is 9.28. The summed E-state index contributed by atoms with van der Waals surface area (Å²) in [5.41, 5.74) is 3.47. The molecule has 1 rings (SSSR count). The summed E-state index contributed by atoms with van der Waals surface area (Å²) in [7, 11) is 0. The van der Waals surface area contributed by atoms with E-state index < -0.39 is 0 Å². The summed E-state index contributed by atoms with van der Waals surface area (Å²) in [4.78, 5) is 9.15. The van der Waals surface area contributed by atoms with Gasteiger partial charge in [-0.3, -0.25) is 9.98 Å². The Morgan fingerprint density at radius 3 is 2.42 bits per heavy atom. The standard InChI is InChI=1S/C17H24N2/c1-5-9-13-18-16(8-4)15(7-3)17(14-10-11-14)19-12-6-2/h5-7,9,12-14H,1,8,10-11H2,2-4H3/b12-6-,13-9-,15-7?,18-16?,19-17?. The van der Waals surface area contributed by atoms with Crippen molar-refractivity contribution in [1.29, 1.82) is 0 Å². The van der Waals surface area contributed by atoms with Gasteiger partial charge in [-0.15, -0.1) is 0 Å². The van der Waals surface area contributed by atoms with Crippen molar-refractivity contribution in [3.63, 3.8) is 0 Å². The number of allylic oxidation sites excluding steroid dienone is 5. The molecule has 0 atom stereocenters. The molecule has 2 heteroatoms. The fourth-order valence-corrected chi connectivity index (χ4v) is 1.91. The van der Waals surface area contributed by atoms with Gasteiger partial charge in [0.1, 0.15) is 0 Å². The van der Waals surface area contributed by atoms with Crippen LogP contribution in [0, 0.1) is 5.92 Å². The smallest absolute Gasteiger partial charge is 0.0521 e. The largest absolute Gasteiger partial charge is 0.261 e. The van der Waals surface area contributed by atoms with Crippen molar-refractivity contribution in [2.75, 3.05) is 0 Å². The molecule has 0 spiro atoms. The third-order valence-electron chi connectivity index (χ3n) is 2.99. The third kappa shape index (κ3) is 4.82. The van der Waals surface area contributed by atoms with E-state index in [0.29, 0.717) is 5.92 Å². The first kappa shape index (κ1) is 15.4.